The van der Waals surface area contributed by atoms with E-state index in [2.05, 4.69) is 4.74 Å². The molecule has 0 aliphatic rings. The lowest BCUT2D eigenvalue weighted by Crippen LogP contribution is -2.29. The third kappa shape index (κ3) is 3.16. The monoisotopic (exact) mass is 341 g/mol. The Bertz CT molecular complexity index is 852. The van der Waals surface area contributed by atoms with Crippen molar-refractivity contribution in [1.29, 1.82) is 0 Å². The number of ether oxygens (including phenoxy) is 1. The topological polar surface area (TPSA) is 63.7 Å². The molecule has 0 amide bonds. The summed E-state index contributed by atoms with van der Waals surface area (Å²) in [5.74, 6) is -2.56. The van der Waals surface area contributed by atoms with Gasteiger partial charge in [-0.15, -0.1) is 0 Å². The van der Waals surface area contributed by atoms with E-state index in [1.165, 1.54) is 18.2 Å². The molecule has 2 aromatic rings. The van der Waals surface area contributed by atoms with E-state index < -0.39 is 32.5 Å². The minimum Gasteiger partial charge on any atom is -0.465 e. The van der Waals surface area contributed by atoms with Crippen LogP contribution in [0.15, 0.2) is 47.4 Å². The van der Waals surface area contributed by atoms with Crippen LogP contribution in [-0.4, -0.2) is 28.5 Å². The fraction of sp³-hybridized carbons (Fsp3) is 0.133. The Morgan fingerprint density at radius 2 is 1.78 bits per heavy atom. The van der Waals surface area contributed by atoms with Gasteiger partial charge in [-0.05, 0) is 30.3 Å². The lowest BCUT2D eigenvalue weighted by molar-refractivity contribution is 0.0596. The number of halogens is 2. The number of anilines is 1. The van der Waals surface area contributed by atoms with E-state index in [1.54, 1.807) is 0 Å². The third-order valence-corrected chi connectivity index (χ3v) is 4.99. The van der Waals surface area contributed by atoms with Gasteiger partial charge in [0, 0.05) is 7.05 Å². The summed E-state index contributed by atoms with van der Waals surface area (Å²) >= 11 is 0. The predicted molar refractivity (Wildman–Crippen MR) is 79.7 cm³/mol. The minimum atomic E-state index is -4.37. The number of hydrogen-bond donors (Lipinski definition) is 0. The zero-order chi connectivity index (χ0) is 17.2. The number of benzene rings is 2. The molecule has 2 aromatic carbocycles. The van der Waals surface area contributed by atoms with Crippen molar-refractivity contribution in [1.82, 2.24) is 0 Å². The van der Waals surface area contributed by atoms with Crippen molar-refractivity contribution in [3.63, 3.8) is 0 Å². The number of carbonyl (C=O) groups is 1. The zero-order valence-corrected chi connectivity index (χ0v) is 13.1. The van der Waals surface area contributed by atoms with E-state index in [1.807, 2.05) is 0 Å². The number of nitrogens with zero attached hydrogens (tertiary/aromatic N) is 1. The van der Waals surface area contributed by atoms with Crippen LogP contribution >= 0.6 is 0 Å². The lowest BCUT2D eigenvalue weighted by Gasteiger charge is -2.21. The standard InChI is InChI=1S/C15H13F2NO4S/c1-18(13-6-4-3-5-12(13)17)23(20,21)14-9-10(16)7-8-11(14)15(19)22-2/h3-9H,1-2H3. The number of carbonyl (C=O) groups excluding carboxylic acids is 1. The molecule has 0 unspecified atom stereocenters. The molecule has 0 radical (unpaired) electrons. The van der Waals surface area contributed by atoms with Gasteiger partial charge in [0.2, 0.25) is 0 Å². The van der Waals surface area contributed by atoms with E-state index >= 15 is 0 Å². The highest BCUT2D eigenvalue weighted by Crippen LogP contribution is 2.27. The molecule has 0 fully saturated rings. The Morgan fingerprint density at radius 3 is 2.39 bits per heavy atom. The van der Waals surface area contributed by atoms with Gasteiger partial charge in [-0.25, -0.2) is 22.0 Å². The number of sulfonamides is 1. The molecule has 5 nitrogen and oxygen atoms in total. The maximum absolute atomic E-state index is 13.8. The van der Waals surface area contributed by atoms with Gasteiger partial charge >= 0.3 is 5.97 Å². The molecule has 2 rings (SSSR count). The van der Waals surface area contributed by atoms with Gasteiger partial charge in [-0.3, -0.25) is 4.31 Å². The first kappa shape index (κ1) is 16.9. The summed E-state index contributed by atoms with van der Waals surface area (Å²) in [5.41, 5.74) is -0.565. The molecule has 0 aliphatic carbocycles. The first-order valence-electron chi connectivity index (χ1n) is 6.40. The highest BCUT2D eigenvalue weighted by molar-refractivity contribution is 7.92. The first-order chi connectivity index (χ1) is 10.8. The van der Waals surface area contributed by atoms with Gasteiger partial charge in [0.1, 0.15) is 16.5 Å². The molecule has 122 valence electrons. The third-order valence-electron chi connectivity index (χ3n) is 3.18. The summed E-state index contributed by atoms with van der Waals surface area (Å²) in [5, 5.41) is 0. The Morgan fingerprint density at radius 1 is 1.13 bits per heavy atom. The van der Waals surface area contributed by atoms with Crippen molar-refractivity contribution in [3.05, 3.63) is 59.7 Å². The molecule has 0 saturated heterocycles. The second-order valence-electron chi connectivity index (χ2n) is 4.56. The van der Waals surface area contributed by atoms with Crippen molar-refractivity contribution in [3.8, 4) is 0 Å². The molecule has 0 N–H and O–H groups in total. The summed E-state index contributed by atoms with van der Waals surface area (Å²) in [7, 11) is -2.19. The lowest BCUT2D eigenvalue weighted by atomic mass is 10.2. The SMILES string of the molecule is COC(=O)c1ccc(F)cc1S(=O)(=O)N(C)c1ccccc1F. The van der Waals surface area contributed by atoms with Crippen LogP contribution in [0.1, 0.15) is 10.4 Å². The molecular weight excluding hydrogens is 328 g/mol. The summed E-state index contributed by atoms with van der Waals surface area (Å²) in [6.07, 6.45) is 0. The van der Waals surface area contributed by atoms with E-state index in [0.29, 0.717) is 10.4 Å². The fourth-order valence-corrected chi connectivity index (χ4v) is 3.37. The quantitative estimate of drug-likeness (QED) is 0.802. The van der Waals surface area contributed by atoms with E-state index in [4.69, 9.17) is 0 Å². The molecule has 0 spiro atoms. The van der Waals surface area contributed by atoms with Crippen LogP contribution < -0.4 is 4.31 Å². The zero-order valence-electron chi connectivity index (χ0n) is 12.3. The van der Waals surface area contributed by atoms with Crippen LogP contribution in [0.25, 0.3) is 0 Å². The van der Waals surface area contributed by atoms with Gasteiger partial charge in [0.25, 0.3) is 10.0 Å². The number of para-hydroxylation sites is 1. The first-order valence-corrected chi connectivity index (χ1v) is 7.84. The molecule has 0 bridgehead atoms. The van der Waals surface area contributed by atoms with Gasteiger partial charge < -0.3 is 4.74 Å². The van der Waals surface area contributed by atoms with Crippen LogP contribution in [0.2, 0.25) is 0 Å². The number of rotatable bonds is 4. The number of methoxy groups -OCH3 is 1. The molecular formula is C15H13F2NO4S. The fourth-order valence-electron chi connectivity index (χ4n) is 1.97. The maximum Gasteiger partial charge on any atom is 0.339 e. The predicted octanol–water partition coefficient (Wildman–Crippen LogP) is 2.58. The van der Waals surface area contributed by atoms with Crippen LogP contribution in [0.3, 0.4) is 0 Å². The Kier molecular flexibility index (Phi) is 4.65. The minimum absolute atomic E-state index is 0.229. The Balaban J connectivity index is 2.62. The maximum atomic E-state index is 13.8. The van der Waals surface area contributed by atoms with Crippen LogP contribution in [0.5, 0.6) is 0 Å². The van der Waals surface area contributed by atoms with Crippen molar-refractivity contribution in [2.24, 2.45) is 0 Å². The molecule has 0 saturated carbocycles. The van der Waals surface area contributed by atoms with Crippen molar-refractivity contribution < 1.29 is 26.7 Å². The summed E-state index contributed by atoms with van der Waals surface area (Å²) in [6, 6.07) is 7.84. The normalized spacial score (nSPS) is 11.1. The number of hydrogen-bond acceptors (Lipinski definition) is 4. The van der Waals surface area contributed by atoms with Gasteiger partial charge in [0.15, 0.2) is 0 Å². The second-order valence-corrected chi connectivity index (χ2v) is 6.49. The largest absolute Gasteiger partial charge is 0.465 e. The average Bonchev–Trinajstić information content (AvgIpc) is 2.53. The molecule has 0 heterocycles. The summed E-state index contributed by atoms with van der Waals surface area (Å²) in [4.78, 5) is 11.1. The van der Waals surface area contributed by atoms with Gasteiger partial charge in [-0.1, -0.05) is 12.1 Å². The summed E-state index contributed by atoms with van der Waals surface area (Å²) in [6.45, 7) is 0. The van der Waals surface area contributed by atoms with E-state index in [9.17, 15) is 22.0 Å². The van der Waals surface area contributed by atoms with Crippen molar-refractivity contribution >= 4 is 21.7 Å². The average molecular weight is 341 g/mol. The molecule has 23 heavy (non-hydrogen) atoms. The van der Waals surface area contributed by atoms with Crippen LogP contribution in [0.4, 0.5) is 14.5 Å². The Hall–Kier alpha value is -2.48. The molecule has 0 atom stereocenters. The van der Waals surface area contributed by atoms with E-state index in [-0.39, 0.29) is 11.3 Å². The van der Waals surface area contributed by atoms with Gasteiger partial charge in [0.05, 0.1) is 18.4 Å². The van der Waals surface area contributed by atoms with Gasteiger partial charge in [-0.2, -0.15) is 0 Å². The van der Waals surface area contributed by atoms with E-state index in [0.717, 1.165) is 32.4 Å². The molecule has 0 aliphatic heterocycles. The molecule has 0 aromatic heterocycles. The van der Waals surface area contributed by atoms with Crippen molar-refractivity contribution in [2.45, 2.75) is 4.90 Å². The molecule has 8 heteroatoms. The Labute approximate surface area is 132 Å². The highest BCUT2D eigenvalue weighted by atomic mass is 32.2. The summed E-state index contributed by atoms with van der Waals surface area (Å²) < 4.78 is 57.8. The highest BCUT2D eigenvalue weighted by Gasteiger charge is 2.29. The van der Waals surface area contributed by atoms with Crippen LogP contribution in [0, 0.1) is 11.6 Å². The second kappa shape index (κ2) is 6.33. The van der Waals surface area contributed by atoms with Crippen molar-refractivity contribution in [2.75, 3.05) is 18.5 Å². The smallest absolute Gasteiger partial charge is 0.339 e. The van der Waals surface area contributed by atoms with Crippen LogP contribution in [-0.2, 0) is 14.8 Å². The number of esters is 1.